The van der Waals surface area contributed by atoms with Crippen LogP contribution in [0.3, 0.4) is 0 Å². The number of hydrogen-bond acceptors (Lipinski definition) is 5. The Balaban J connectivity index is 1.75. The van der Waals surface area contributed by atoms with E-state index >= 15 is 0 Å². The molecule has 0 aliphatic rings. The number of nitrogens with one attached hydrogen (secondary N) is 2. The Kier molecular flexibility index (Phi) is 8.91. The molecule has 2 rings (SSSR count). The van der Waals surface area contributed by atoms with Gasteiger partial charge in [0.05, 0.1) is 17.8 Å². The Morgan fingerprint density at radius 2 is 1.86 bits per heavy atom. The number of rotatable bonds is 10. The van der Waals surface area contributed by atoms with E-state index in [-0.39, 0.29) is 24.7 Å². The van der Waals surface area contributed by atoms with Crippen LogP contribution >= 0.6 is 15.9 Å². The first-order chi connectivity index (χ1) is 14.0. The Hall–Kier alpha value is -3.13. The lowest BCUT2D eigenvalue weighted by atomic mass is 10.2. The van der Waals surface area contributed by atoms with Gasteiger partial charge in [0.15, 0.2) is 0 Å². The highest BCUT2D eigenvalue weighted by atomic mass is 79.9. The van der Waals surface area contributed by atoms with Gasteiger partial charge in [0, 0.05) is 18.5 Å². The molecular weight excluding hydrogens is 438 g/mol. The lowest BCUT2D eigenvalue weighted by molar-refractivity contribution is -0.124. The minimum absolute atomic E-state index is 0.0252. The first-order valence-electron chi connectivity index (χ1n) is 8.81. The van der Waals surface area contributed by atoms with Crippen molar-refractivity contribution >= 4 is 39.6 Å². The molecule has 2 aromatic rings. The number of carbonyl (C=O) groups is 2. The summed E-state index contributed by atoms with van der Waals surface area (Å²) in [6, 6.07) is 12.4. The zero-order valence-corrected chi connectivity index (χ0v) is 17.6. The van der Waals surface area contributed by atoms with Crippen LogP contribution in [0.2, 0.25) is 0 Å². The largest absolute Gasteiger partial charge is 0.497 e. The predicted molar refractivity (Wildman–Crippen MR) is 116 cm³/mol. The number of benzene rings is 2. The molecule has 0 heterocycles. The van der Waals surface area contributed by atoms with Crippen LogP contribution in [0.4, 0.5) is 5.69 Å². The molecule has 0 atom stereocenters. The molecule has 0 radical (unpaired) electrons. The normalized spacial score (nSPS) is 10.4. The molecule has 0 bridgehead atoms. The van der Waals surface area contributed by atoms with E-state index in [0.29, 0.717) is 23.8 Å². The molecule has 2 amide bonds. The Morgan fingerprint density at radius 3 is 2.52 bits per heavy atom. The van der Waals surface area contributed by atoms with Crippen molar-refractivity contribution in [3.63, 3.8) is 0 Å². The number of nitrogens with zero attached hydrogens (tertiary/aromatic N) is 1. The fraction of sp³-hybridized carbons (Fsp3) is 0.190. The third kappa shape index (κ3) is 7.79. The van der Waals surface area contributed by atoms with Gasteiger partial charge in [0.25, 0.3) is 0 Å². The molecule has 0 spiro atoms. The summed E-state index contributed by atoms with van der Waals surface area (Å²) in [5.41, 5.74) is 3.83. The van der Waals surface area contributed by atoms with E-state index in [4.69, 9.17) is 9.47 Å². The number of halogens is 1. The third-order valence-corrected chi connectivity index (χ3v) is 4.29. The van der Waals surface area contributed by atoms with Crippen LogP contribution in [-0.4, -0.2) is 31.7 Å². The van der Waals surface area contributed by atoms with Crippen molar-refractivity contribution in [1.29, 1.82) is 0 Å². The number of hydrogen-bond donors (Lipinski definition) is 2. The van der Waals surface area contributed by atoms with E-state index in [1.54, 1.807) is 49.6 Å². The fourth-order valence-electron chi connectivity index (χ4n) is 2.22. The zero-order valence-electron chi connectivity index (χ0n) is 16.0. The van der Waals surface area contributed by atoms with Crippen LogP contribution in [-0.2, 0) is 9.59 Å². The zero-order chi connectivity index (χ0) is 21.1. The summed E-state index contributed by atoms with van der Waals surface area (Å²) in [4.78, 5) is 23.8. The lowest BCUT2D eigenvalue weighted by Crippen LogP contribution is -2.20. The van der Waals surface area contributed by atoms with Crippen molar-refractivity contribution in [2.45, 2.75) is 12.8 Å². The number of hydrazone groups is 1. The summed E-state index contributed by atoms with van der Waals surface area (Å²) in [7, 11) is 1.57. The van der Waals surface area contributed by atoms with Crippen molar-refractivity contribution in [2.24, 2.45) is 5.10 Å². The van der Waals surface area contributed by atoms with Crippen molar-refractivity contribution in [3.05, 3.63) is 65.2 Å². The monoisotopic (exact) mass is 459 g/mol. The van der Waals surface area contributed by atoms with E-state index in [9.17, 15) is 9.59 Å². The van der Waals surface area contributed by atoms with Crippen LogP contribution in [0.1, 0.15) is 18.4 Å². The molecule has 0 aromatic heterocycles. The Labute approximate surface area is 177 Å². The molecule has 0 unspecified atom stereocenters. The van der Waals surface area contributed by atoms with Gasteiger partial charge in [0.2, 0.25) is 11.8 Å². The van der Waals surface area contributed by atoms with Crippen molar-refractivity contribution in [1.82, 2.24) is 5.43 Å². The molecule has 7 nitrogen and oxygen atoms in total. The van der Waals surface area contributed by atoms with Crippen molar-refractivity contribution in [3.8, 4) is 11.5 Å². The summed E-state index contributed by atoms with van der Waals surface area (Å²) in [6.45, 7) is 4.01. The van der Waals surface area contributed by atoms with E-state index in [1.165, 1.54) is 6.21 Å². The maximum absolute atomic E-state index is 11.9. The van der Waals surface area contributed by atoms with Crippen LogP contribution in [0.5, 0.6) is 11.5 Å². The summed E-state index contributed by atoms with van der Waals surface area (Å²) in [5, 5.41) is 6.63. The maximum Gasteiger partial charge on any atom is 0.240 e. The van der Waals surface area contributed by atoms with Gasteiger partial charge < -0.3 is 14.8 Å². The summed E-state index contributed by atoms with van der Waals surface area (Å²) in [6.07, 6.45) is 3.25. The van der Waals surface area contributed by atoms with Gasteiger partial charge in [-0.05, 0) is 64.0 Å². The molecule has 0 saturated heterocycles. The minimum Gasteiger partial charge on any atom is -0.497 e. The number of methoxy groups -OCH3 is 1. The third-order valence-electron chi connectivity index (χ3n) is 3.67. The fourth-order valence-corrected chi connectivity index (χ4v) is 2.73. The van der Waals surface area contributed by atoms with Gasteiger partial charge in [-0.2, -0.15) is 5.10 Å². The van der Waals surface area contributed by atoms with Gasteiger partial charge in [-0.1, -0.05) is 12.7 Å². The molecule has 0 aliphatic heterocycles. The molecule has 0 fully saturated rings. The topological polar surface area (TPSA) is 89.0 Å². The van der Waals surface area contributed by atoms with Gasteiger partial charge in [-0.25, -0.2) is 5.43 Å². The van der Waals surface area contributed by atoms with Gasteiger partial charge in [-0.15, -0.1) is 0 Å². The second-order valence-corrected chi connectivity index (χ2v) is 6.71. The number of ether oxygens (including phenoxy) is 2. The Morgan fingerprint density at radius 1 is 1.14 bits per heavy atom. The summed E-state index contributed by atoms with van der Waals surface area (Å²) < 4.78 is 11.3. The van der Waals surface area contributed by atoms with Crippen LogP contribution in [0.25, 0.3) is 0 Å². The second-order valence-electron chi connectivity index (χ2n) is 5.86. The van der Waals surface area contributed by atoms with E-state index in [1.807, 2.05) is 6.07 Å². The average molecular weight is 460 g/mol. The molecule has 8 heteroatoms. The summed E-state index contributed by atoms with van der Waals surface area (Å²) >= 11 is 3.41. The quantitative estimate of drug-likeness (QED) is 0.320. The molecule has 2 aromatic carbocycles. The van der Waals surface area contributed by atoms with Gasteiger partial charge >= 0.3 is 0 Å². The SMILES string of the molecule is C=CCOc1ccc(C=NNC(=O)CCC(=O)Nc2ccc(OC)cc2)cc1Br. The van der Waals surface area contributed by atoms with E-state index in [0.717, 1.165) is 10.0 Å². The van der Waals surface area contributed by atoms with Gasteiger partial charge in [0.1, 0.15) is 18.1 Å². The summed E-state index contributed by atoms with van der Waals surface area (Å²) in [5.74, 6) is 0.782. The minimum atomic E-state index is -0.351. The maximum atomic E-state index is 11.9. The molecular formula is C21H22BrN3O4. The van der Waals surface area contributed by atoms with Crippen LogP contribution in [0, 0.1) is 0 Å². The standard InChI is InChI=1S/C21H22BrN3O4/c1-3-12-29-19-9-4-15(13-18(19)22)14-23-25-21(27)11-10-20(26)24-16-5-7-17(28-2)8-6-16/h3-9,13-14H,1,10-12H2,2H3,(H,24,26)(H,25,27). The molecule has 2 N–H and O–H groups in total. The lowest BCUT2D eigenvalue weighted by Gasteiger charge is -2.06. The smallest absolute Gasteiger partial charge is 0.240 e. The highest BCUT2D eigenvalue weighted by Crippen LogP contribution is 2.25. The highest BCUT2D eigenvalue weighted by molar-refractivity contribution is 9.10. The molecule has 29 heavy (non-hydrogen) atoms. The predicted octanol–water partition coefficient (Wildman–Crippen LogP) is 3.89. The van der Waals surface area contributed by atoms with Crippen molar-refractivity contribution < 1.29 is 19.1 Å². The average Bonchev–Trinajstić information content (AvgIpc) is 2.72. The number of amides is 2. The van der Waals surface area contributed by atoms with Gasteiger partial charge in [-0.3, -0.25) is 9.59 Å². The van der Waals surface area contributed by atoms with Crippen molar-refractivity contribution in [2.75, 3.05) is 19.0 Å². The Bertz CT molecular complexity index is 882. The molecule has 0 saturated carbocycles. The van der Waals surface area contributed by atoms with Crippen LogP contribution in [0.15, 0.2) is 64.7 Å². The molecule has 0 aliphatic carbocycles. The van der Waals surface area contributed by atoms with Crippen LogP contribution < -0.4 is 20.2 Å². The number of carbonyl (C=O) groups excluding carboxylic acids is 2. The van der Waals surface area contributed by atoms with E-state index < -0.39 is 0 Å². The molecule has 152 valence electrons. The van der Waals surface area contributed by atoms with E-state index in [2.05, 4.69) is 38.4 Å². The second kappa shape index (κ2) is 11.7. The number of anilines is 1. The first-order valence-corrected chi connectivity index (χ1v) is 9.60. The highest BCUT2D eigenvalue weighted by Gasteiger charge is 2.07. The first kappa shape index (κ1) is 22.2.